The van der Waals surface area contributed by atoms with Crippen LogP contribution in [0.3, 0.4) is 0 Å². The third kappa shape index (κ3) is 4.39. The maximum Gasteiger partial charge on any atom is 0.151 e. The quantitative estimate of drug-likeness (QED) is 0.553. The second kappa shape index (κ2) is 8.45. The maximum atomic E-state index is 14.0. The molecule has 25 heavy (non-hydrogen) atoms. The Morgan fingerprint density at radius 2 is 1.92 bits per heavy atom. The summed E-state index contributed by atoms with van der Waals surface area (Å²) in [5.74, 6) is 1.08. The van der Waals surface area contributed by atoms with E-state index in [1.54, 1.807) is 6.07 Å². The first-order valence-electron chi connectivity index (χ1n) is 8.61. The number of rotatable bonds is 8. The van der Waals surface area contributed by atoms with Gasteiger partial charge < -0.3 is 9.47 Å². The molecule has 0 radical (unpaired) electrons. The highest BCUT2D eigenvalue weighted by molar-refractivity contribution is 6.17. The molecule has 0 bridgehead atoms. The number of aryl methyl sites for hydroxylation is 2. The van der Waals surface area contributed by atoms with Crippen LogP contribution in [-0.4, -0.2) is 33.9 Å². The second-order valence-electron chi connectivity index (χ2n) is 6.30. The van der Waals surface area contributed by atoms with Gasteiger partial charge in [0, 0.05) is 25.4 Å². The van der Waals surface area contributed by atoms with E-state index in [0.29, 0.717) is 17.8 Å². The van der Waals surface area contributed by atoms with Crippen molar-refractivity contribution in [2.45, 2.75) is 25.9 Å². The normalized spacial score (nSPS) is 11.5. The van der Waals surface area contributed by atoms with Gasteiger partial charge in [-0.3, -0.25) is 0 Å². The second-order valence-corrected chi connectivity index (χ2v) is 6.68. The number of aromatic nitrogens is 2. The van der Waals surface area contributed by atoms with E-state index in [-0.39, 0.29) is 5.82 Å². The lowest BCUT2D eigenvalue weighted by molar-refractivity contribution is 0.314. The fourth-order valence-corrected chi connectivity index (χ4v) is 3.33. The summed E-state index contributed by atoms with van der Waals surface area (Å²) in [5.41, 5.74) is 2.61. The zero-order valence-corrected chi connectivity index (χ0v) is 15.2. The lowest BCUT2D eigenvalue weighted by Gasteiger charge is -2.17. The van der Waals surface area contributed by atoms with Gasteiger partial charge in [0.1, 0.15) is 11.3 Å². The first-order chi connectivity index (χ1) is 12.2. The minimum absolute atomic E-state index is 0.270. The minimum Gasteiger partial charge on any atom is -0.328 e. The first kappa shape index (κ1) is 17.9. The highest BCUT2D eigenvalue weighted by Crippen LogP contribution is 2.20. The molecule has 2 aromatic carbocycles. The number of benzene rings is 2. The van der Waals surface area contributed by atoms with Gasteiger partial charge in [-0.1, -0.05) is 36.4 Å². The Balaban J connectivity index is 1.66. The van der Waals surface area contributed by atoms with Crippen molar-refractivity contribution in [3.05, 3.63) is 65.7 Å². The molecule has 0 aliphatic carbocycles. The highest BCUT2D eigenvalue weighted by atomic mass is 35.5. The summed E-state index contributed by atoms with van der Waals surface area (Å²) in [6.45, 7) is 2.70. The SMILES string of the molecule is CN(CCCn1c(CCCl)nc2c(F)cccc21)Cc1ccccc1. The van der Waals surface area contributed by atoms with Crippen LogP contribution in [0.1, 0.15) is 17.8 Å². The van der Waals surface area contributed by atoms with Gasteiger partial charge in [-0.2, -0.15) is 0 Å². The number of imidazole rings is 1. The van der Waals surface area contributed by atoms with Crippen LogP contribution in [0, 0.1) is 5.82 Å². The molecule has 0 aliphatic rings. The van der Waals surface area contributed by atoms with Crippen molar-refractivity contribution in [1.29, 1.82) is 0 Å². The van der Waals surface area contributed by atoms with Crippen LogP contribution in [0.5, 0.6) is 0 Å². The lowest BCUT2D eigenvalue weighted by Crippen LogP contribution is -2.20. The van der Waals surface area contributed by atoms with E-state index in [1.807, 2.05) is 12.1 Å². The monoisotopic (exact) mass is 359 g/mol. The molecule has 0 fully saturated rings. The Morgan fingerprint density at radius 1 is 1.12 bits per heavy atom. The molecular formula is C20H23ClFN3. The van der Waals surface area contributed by atoms with Gasteiger partial charge in [0.2, 0.25) is 0 Å². The van der Waals surface area contributed by atoms with Crippen LogP contribution in [0.15, 0.2) is 48.5 Å². The van der Waals surface area contributed by atoms with Crippen molar-refractivity contribution in [2.24, 2.45) is 0 Å². The minimum atomic E-state index is -0.270. The number of para-hydroxylation sites is 1. The van der Waals surface area contributed by atoms with Crippen molar-refractivity contribution in [1.82, 2.24) is 14.5 Å². The smallest absolute Gasteiger partial charge is 0.151 e. The number of halogens is 2. The molecule has 0 spiro atoms. The van der Waals surface area contributed by atoms with Gasteiger partial charge in [0.25, 0.3) is 0 Å². The van der Waals surface area contributed by atoms with Gasteiger partial charge in [-0.25, -0.2) is 9.37 Å². The summed E-state index contributed by atoms with van der Waals surface area (Å²) in [4.78, 5) is 6.76. The van der Waals surface area contributed by atoms with Crippen molar-refractivity contribution >= 4 is 22.6 Å². The summed E-state index contributed by atoms with van der Waals surface area (Å²) in [5, 5.41) is 0. The first-order valence-corrected chi connectivity index (χ1v) is 9.14. The maximum absolute atomic E-state index is 14.0. The Kier molecular flexibility index (Phi) is 6.05. The molecule has 0 saturated carbocycles. The standard InChI is InChI=1S/C20H23ClFN3/c1-24(15-16-7-3-2-4-8-16)13-6-14-25-18-10-5-9-17(22)20(18)23-19(25)11-12-21/h2-5,7-10H,6,11-15H2,1H3. The lowest BCUT2D eigenvalue weighted by atomic mass is 10.2. The Bertz CT molecular complexity index is 816. The number of fused-ring (bicyclic) bond motifs is 1. The topological polar surface area (TPSA) is 21.1 Å². The molecule has 3 aromatic rings. The Labute approximate surface area is 153 Å². The molecule has 0 atom stereocenters. The van der Waals surface area contributed by atoms with Crippen LogP contribution in [0.2, 0.25) is 0 Å². The fourth-order valence-electron chi connectivity index (χ4n) is 3.16. The molecule has 3 nitrogen and oxygen atoms in total. The fraction of sp³-hybridized carbons (Fsp3) is 0.350. The van der Waals surface area contributed by atoms with Gasteiger partial charge in [-0.15, -0.1) is 11.6 Å². The summed E-state index contributed by atoms with van der Waals surface area (Å²) >= 11 is 5.89. The summed E-state index contributed by atoms with van der Waals surface area (Å²) in [6.07, 6.45) is 1.62. The molecule has 1 aromatic heterocycles. The van der Waals surface area contributed by atoms with E-state index in [1.165, 1.54) is 11.6 Å². The van der Waals surface area contributed by atoms with Gasteiger partial charge in [-0.05, 0) is 37.7 Å². The number of nitrogens with zero attached hydrogens (tertiary/aromatic N) is 3. The molecule has 5 heteroatoms. The van der Waals surface area contributed by atoms with E-state index in [0.717, 1.165) is 37.4 Å². The average molecular weight is 360 g/mol. The molecule has 132 valence electrons. The molecule has 0 N–H and O–H groups in total. The average Bonchev–Trinajstić information content (AvgIpc) is 2.95. The molecule has 3 rings (SSSR count). The van der Waals surface area contributed by atoms with Crippen LogP contribution in [0.25, 0.3) is 11.0 Å². The van der Waals surface area contributed by atoms with Gasteiger partial charge >= 0.3 is 0 Å². The third-order valence-electron chi connectivity index (χ3n) is 4.34. The van der Waals surface area contributed by atoms with Crippen LogP contribution < -0.4 is 0 Å². The molecule has 1 heterocycles. The van der Waals surface area contributed by atoms with E-state index < -0.39 is 0 Å². The van der Waals surface area contributed by atoms with Gasteiger partial charge in [0.15, 0.2) is 5.82 Å². The molecular weight excluding hydrogens is 337 g/mol. The van der Waals surface area contributed by atoms with E-state index in [9.17, 15) is 4.39 Å². The highest BCUT2D eigenvalue weighted by Gasteiger charge is 2.13. The number of hydrogen-bond donors (Lipinski definition) is 0. The number of hydrogen-bond acceptors (Lipinski definition) is 2. The predicted molar refractivity (Wildman–Crippen MR) is 102 cm³/mol. The van der Waals surface area contributed by atoms with E-state index >= 15 is 0 Å². The zero-order chi connectivity index (χ0) is 17.6. The zero-order valence-electron chi connectivity index (χ0n) is 14.5. The molecule has 0 amide bonds. The van der Waals surface area contributed by atoms with Crippen LogP contribution >= 0.6 is 11.6 Å². The summed E-state index contributed by atoms with van der Waals surface area (Å²) < 4.78 is 16.1. The van der Waals surface area contributed by atoms with Crippen LogP contribution in [-0.2, 0) is 19.5 Å². The Hall–Kier alpha value is -1.91. The van der Waals surface area contributed by atoms with E-state index in [2.05, 4.69) is 45.8 Å². The molecule has 0 aliphatic heterocycles. The largest absolute Gasteiger partial charge is 0.328 e. The summed E-state index contributed by atoms with van der Waals surface area (Å²) in [6, 6.07) is 15.6. The van der Waals surface area contributed by atoms with Crippen LogP contribution in [0.4, 0.5) is 4.39 Å². The molecule has 0 saturated heterocycles. The summed E-state index contributed by atoms with van der Waals surface area (Å²) in [7, 11) is 2.12. The Morgan fingerprint density at radius 3 is 2.68 bits per heavy atom. The van der Waals surface area contributed by atoms with Crippen molar-refractivity contribution in [2.75, 3.05) is 19.5 Å². The molecule has 0 unspecified atom stereocenters. The predicted octanol–water partition coefficient (Wildman–Crippen LogP) is 4.48. The van der Waals surface area contributed by atoms with Gasteiger partial charge in [0.05, 0.1) is 5.52 Å². The number of alkyl halides is 1. The van der Waals surface area contributed by atoms with Crippen molar-refractivity contribution < 1.29 is 4.39 Å². The van der Waals surface area contributed by atoms with E-state index in [4.69, 9.17) is 11.6 Å². The third-order valence-corrected chi connectivity index (χ3v) is 4.53. The van der Waals surface area contributed by atoms with Crippen molar-refractivity contribution in [3.63, 3.8) is 0 Å². The van der Waals surface area contributed by atoms with Crippen molar-refractivity contribution in [3.8, 4) is 0 Å².